The van der Waals surface area contributed by atoms with Crippen molar-refractivity contribution in [3.63, 3.8) is 0 Å². The second kappa shape index (κ2) is 9.06. The molecule has 1 atom stereocenters. The Kier molecular flexibility index (Phi) is 6.23. The van der Waals surface area contributed by atoms with Crippen molar-refractivity contribution in [2.75, 3.05) is 13.2 Å². The average Bonchev–Trinajstić information content (AvgIpc) is 3.03. The maximum Gasteiger partial charge on any atom is 0.295 e. The van der Waals surface area contributed by atoms with Crippen LogP contribution < -0.4 is 0 Å². The van der Waals surface area contributed by atoms with Gasteiger partial charge in [0.15, 0.2) is 0 Å². The number of benzene rings is 2. The van der Waals surface area contributed by atoms with Crippen LogP contribution in [-0.2, 0) is 27.2 Å². The van der Waals surface area contributed by atoms with Crippen molar-refractivity contribution in [1.82, 2.24) is 4.90 Å². The molecule has 0 radical (unpaired) electrons. The van der Waals surface area contributed by atoms with Crippen LogP contribution in [0.3, 0.4) is 0 Å². The standard InChI is InChI=1S/C26H29NO4/c1-17(2)31-15-14-27-23(19-9-4-3-5-10-19)22(25(29)26(27)30)24(28)21-13-12-18-8-6-7-11-20(18)16-21/h3-5,9-10,12-13,16-17,23,28H,6-8,11,14-15H2,1-2H3/b24-22-. The summed E-state index contributed by atoms with van der Waals surface area (Å²) in [5.74, 6) is -1.35. The van der Waals surface area contributed by atoms with E-state index >= 15 is 0 Å². The minimum absolute atomic E-state index is 0.0301. The van der Waals surface area contributed by atoms with E-state index in [-0.39, 0.29) is 24.0 Å². The van der Waals surface area contributed by atoms with Gasteiger partial charge in [-0.05, 0) is 62.3 Å². The second-order valence-electron chi connectivity index (χ2n) is 8.51. The molecule has 1 aliphatic carbocycles. The molecule has 0 aromatic heterocycles. The lowest BCUT2D eigenvalue weighted by atomic mass is 9.89. The number of hydrogen-bond donors (Lipinski definition) is 1. The van der Waals surface area contributed by atoms with E-state index in [1.54, 1.807) is 0 Å². The van der Waals surface area contributed by atoms with Crippen LogP contribution in [0.4, 0.5) is 0 Å². The third kappa shape index (κ3) is 4.28. The molecule has 1 aliphatic heterocycles. The van der Waals surface area contributed by atoms with Crippen molar-refractivity contribution in [3.05, 3.63) is 76.4 Å². The summed E-state index contributed by atoms with van der Waals surface area (Å²) in [5.41, 5.74) is 4.06. The summed E-state index contributed by atoms with van der Waals surface area (Å²) in [6, 6.07) is 14.6. The number of carbonyl (C=O) groups excluding carboxylic acids is 2. The Morgan fingerprint density at radius 1 is 1.06 bits per heavy atom. The van der Waals surface area contributed by atoms with Crippen molar-refractivity contribution in [3.8, 4) is 0 Å². The molecule has 2 aromatic rings. The number of hydrogen-bond acceptors (Lipinski definition) is 4. The summed E-state index contributed by atoms with van der Waals surface area (Å²) < 4.78 is 5.63. The number of fused-ring (bicyclic) bond motifs is 1. The van der Waals surface area contributed by atoms with Crippen LogP contribution >= 0.6 is 0 Å². The summed E-state index contributed by atoms with van der Waals surface area (Å²) in [6.07, 6.45) is 4.35. The Hall–Kier alpha value is -2.92. The molecule has 1 unspecified atom stereocenters. The first-order chi connectivity index (χ1) is 15.0. The highest BCUT2D eigenvalue weighted by atomic mass is 16.5. The summed E-state index contributed by atoms with van der Waals surface area (Å²) >= 11 is 0. The van der Waals surface area contributed by atoms with Gasteiger partial charge in [0.2, 0.25) is 0 Å². The predicted octanol–water partition coefficient (Wildman–Crippen LogP) is 4.41. The van der Waals surface area contributed by atoms with Crippen LogP contribution in [0.1, 0.15) is 55.0 Å². The normalized spacial score (nSPS) is 20.4. The summed E-state index contributed by atoms with van der Waals surface area (Å²) in [4.78, 5) is 27.5. The van der Waals surface area contributed by atoms with E-state index in [0.717, 1.165) is 24.8 Å². The quantitative estimate of drug-likeness (QED) is 0.428. The minimum Gasteiger partial charge on any atom is -0.507 e. The van der Waals surface area contributed by atoms with Crippen LogP contribution in [0.5, 0.6) is 0 Å². The smallest absolute Gasteiger partial charge is 0.295 e. The Labute approximate surface area is 183 Å². The molecular weight excluding hydrogens is 390 g/mol. The van der Waals surface area contributed by atoms with Crippen LogP contribution in [0.25, 0.3) is 5.76 Å². The van der Waals surface area contributed by atoms with Crippen molar-refractivity contribution in [1.29, 1.82) is 0 Å². The van der Waals surface area contributed by atoms with E-state index in [0.29, 0.717) is 12.2 Å². The molecule has 2 aliphatic rings. The first-order valence-electron chi connectivity index (χ1n) is 11.0. The minimum atomic E-state index is -0.645. The fourth-order valence-corrected chi connectivity index (χ4v) is 4.52. The number of amides is 1. The zero-order chi connectivity index (χ0) is 22.0. The van der Waals surface area contributed by atoms with Gasteiger partial charge >= 0.3 is 0 Å². The lowest BCUT2D eigenvalue weighted by Gasteiger charge is -2.25. The predicted molar refractivity (Wildman–Crippen MR) is 120 cm³/mol. The van der Waals surface area contributed by atoms with Crippen molar-refractivity contribution in [2.45, 2.75) is 51.7 Å². The van der Waals surface area contributed by atoms with Crippen molar-refractivity contribution >= 4 is 17.4 Å². The Morgan fingerprint density at radius 3 is 2.48 bits per heavy atom. The van der Waals surface area contributed by atoms with Crippen LogP contribution in [0.2, 0.25) is 0 Å². The number of nitrogens with zero attached hydrogens (tertiary/aromatic N) is 1. The Morgan fingerprint density at radius 2 is 1.77 bits per heavy atom. The van der Waals surface area contributed by atoms with E-state index < -0.39 is 17.7 Å². The van der Waals surface area contributed by atoms with Crippen LogP contribution in [0.15, 0.2) is 54.1 Å². The molecule has 5 nitrogen and oxygen atoms in total. The molecule has 4 rings (SSSR count). The highest BCUT2D eigenvalue weighted by Gasteiger charge is 2.45. The van der Waals surface area contributed by atoms with E-state index in [2.05, 4.69) is 0 Å². The maximum absolute atomic E-state index is 13.1. The number of carbonyl (C=O) groups is 2. The van der Waals surface area contributed by atoms with Gasteiger partial charge in [0, 0.05) is 12.1 Å². The molecule has 1 heterocycles. The third-order valence-corrected chi connectivity index (χ3v) is 6.06. The fraction of sp³-hybridized carbons (Fsp3) is 0.385. The van der Waals surface area contributed by atoms with Gasteiger partial charge in [0.25, 0.3) is 11.7 Å². The molecule has 162 valence electrons. The number of likely N-dealkylation sites (tertiary alicyclic amines) is 1. The van der Waals surface area contributed by atoms with E-state index in [9.17, 15) is 14.7 Å². The largest absolute Gasteiger partial charge is 0.507 e. The topological polar surface area (TPSA) is 66.8 Å². The van der Waals surface area contributed by atoms with E-state index in [4.69, 9.17) is 4.74 Å². The summed E-state index contributed by atoms with van der Waals surface area (Å²) in [7, 11) is 0. The van der Waals surface area contributed by atoms with Crippen LogP contribution in [-0.4, -0.2) is 41.0 Å². The van der Waals surface area contributed by atoms with Gasteiger partial charge < -0.3 is 14.7 Å². The first-order valence-corrected chi connectivity index (χ1v) is 11.0. The third-order valence-electron chi connectivity index (χ3n) is 6.06. The van der Waals surface area contributed by atoms with Gasteiger partial charge in [0.1, 0.15) is 5.76 Å². The van der Waals surface area contributed by atoms with Gasteiger partial charge in [-0.2, -0.15) is 0 Å². The molecule has 0 bridgehead atoms. The van der Waals surface area contributed by atoms with E-state index in [1.165, 1.54) is 22.4 Å². The van der Waals surface area contributed by atoms with Crippen molar-refractivity contribution < 1.29 is 19.4 Å². The van der Waals surface area contributed by atoms with Crippen molar-refractivity contribution in [2.24, 2.45) is 0 Å². The number of aliphatic hydroxyl groups is 1. The molecule has 0 spiro atoms. The van der Waals surface area contributed by atoms with E-state index in [1.807, 2.05) is 62.4 Å². The molecule has 1 saturated heterocycles. The highest BCUT2D eigenvalue weighted by molar-refractivity contribution is 6.46. The molecule has 2 aromatic carbocycles. The van der Waals surface area contributed by atoms with Gasteiger partial charge in [-0.15, -0.1) is 0 Å². The number of aryl methyl sites for hydroxylation is 2. The second-order valence-corrected chi connectivity index (χ2v) is 8.51. The lowest BCUT2D eigenvalue weighted by Crippen LogP contribution is -2.33. The molecule has 1 N–H and O–H groups in total. The number of aliphatic hydroxyl groups excluding tert-OH is 1. The Bertz CT molecular complexity index is 1010. The highest BCUT2D eigenvalue weighted by Crippen LogP contribution is 2.39. The molecule has 31 heavy (non-hydrogen) atoms. The first kappa shape index (κ1) is 21.3. The zero-order valence-corrected chi connectivity index (χ0v) is 18.1. The summed E-state index contributed by atoms with van der Waals surface area (Å²) in [5, 5.41) is 11.2. The molecule has 1 amide bonds. The fourth-order valence-electron chi connectivity index (χ4n) is 4.52. The molecule has 0 saturated carbocycles. The maximum atomic E-state index is 13.1. The van der Waals surface area contributed by atoms with Gasteiger partial charge in [0.05, 0.1) is 24.3 Å². The number of ketones is 1. The van der Waals surface area contributed by atoms with Crippen LogP contribution in [0, 0.1) is 0 Å². The molecule has 1 fully saturated rings. The monoisotopic (exact) mass is 419 g/mol. The number of ether oxygens (including phenoxy) is 1. The zero-order valence-electron chi connectivity index (χ0n) is 18.1. The molecular formula is C26H29NO4. The lowest BCUT2D eigenvalue weighted by molar-refractivity contribution is -0.140. The van der Waals surface area contributed by atoms with Gasteiger partial charge in [-0.1, -0.05) is 42.5 Å². The van der Waals surface area contributed by atoms with Gasteiger partial charge in [-0.25, -0.2) is 0 Å². The van der Waals surface area contributed by atoms with Gasteiger partial charge in [-0.3, -0.25) is 9.59 Å². The SMILES string of the molecule is CC(C)OCCN1C(=O)C(=O)/C(=C(\O)c2ccc3c(c2)CCCC3)C1c1ccccc1. The number of rotatable bonds is 6. The Balaban J connectivity index is 1.76. The number of Topliss-reactive ketones (excluding diaryl/α,β-unsaturated/α-hetero) is 1. The summed E-state index contributed by atoms with van der Waals surface area (Å²) in [6.45, 7) is 4.47. The molecule has 5 heteroatoms. The average molecular weight is 420 g/mol.